The van der Waals surface area contributed by atoms with Gasteiger partial charge in [-0.05, 0) is 89.3 Å². The van der Waals surface area contributed by atoms with E-state index in [4.69, 9.17) is 28.0 Å². The van der Waals surface area contributed by atoms with Crippen molar-refractivity contribution in [2.24, 2.45) is 23.7 Å². The number of halogens is 1. The van der Waals surface area contributed by atoms with Crippen LogP contribution < -0.4 is 10.1 Å². The second-order valence-electron chi connectivity index (χ2n) is 16.0. The molecule has 2 saturated heterocycles. The smallest absolute Gasteiger partial charge is 0.367 e. The lowest BCUT2D eigenvalue weighted by Crippen LogP contribution is -2.46. The van der Waals surface area contributed by atoms with Crippen LogP contribution in [0.15, 0.2) is 47.4 Å². The number of nitrogens with zero attached hydrogens (tertiary/aromatic N) is 2. The third-order valence-electron chi connectivity index (χ3n) is 10.8. The van der Waals surface area contributed by atoms with Crippen molar-refractivity contribution in [3.05, 3.63) is 48.0 Å². The number of sulfonamides is 1. The van der Waals surface area contributed by atoms with Crippen molar-refractivity contribution in [2.75, 3.05) is 51.2 Å². The van der Waals surface area contributed by atoms with Gasteiger partial charge in [0.1, 0.15) is 17.5 Å². The lowest BCUT2D eigenvalue weighted by molar-refractivity contribution is -0.178. The van der Waals surface area contributed by atoms with Crippen LogP contribution in [0.2, 0.25) is 0 Å². The minimum atomic E-state index is -4.34. The normalized spacial score (nSPS) is 24.5. The van der Waals surface area contributed by atoms with E-state index in [1.807, 2.05) is 0 Å². The third-order valence-corrected chi connectivity index (χ3v) is 15.3. The predicted octanol–water partition coefficient (Wildman–Crippen LogP) is 6.37. The molecule has 3 heterocycles. The molecule has 0 radical (unpaired) electrons. The van der Waals surface area contributed by atoms with E-state index >= 15 is 4.39 Å². The molecule has 314 valence electrons. The predicted molar refractivity (Wildman–Crippen MR) is 211 cm³/mol. The zero-order chi connectivity index (χ0) is 40.5. The topological polar surface area (TPSA) is 172 Å². The summed E-state index contributed by atoms with van der Waals surface area (Å²) in [5.74, 6) is -0.735. The van der Waals surface area contributed by atoms with Crippen molar-refractivity contribution in [1.29, 1.82) is 0 Å². The molecule has 5 unspecified atom stereocenters. The van der Waals surface area contributed by atoms with E-state index in [1.165, 1.54) is 37.3 Å². The number of alkyl halides is 1. The molecule has 57 heavy (non-hydrogen) atoms. The van der Waals surface area contributed by atoms with Crippen LogP contribution in [0.3, 0.4) is 0 Å². The van der Waals surface area contributed by atoms with Gasteiger partial charge in [0, 0.05) is 42.8 Å². The summed E-state index contributed by atoms with van der Waals surface area (Å²) in [6, 6.07) is 11.8. The first kappa shape index (κ1) is 42.4. The summed E-state index contributed by atoms with van der Waals surface area (Å²) >= 11 is 1.35. The highest BCUT2D eigenvalue weighted by molar-refractivity contribution is 7.89. The Hall–Kier alpha value is -2.73. The Kier molecular flexibility index (Phi) is 13.0. The first-order valence-electron chi connectivity index (χ1n) is 19.7. The standard InChI is InChI=1S/C39H53FN3O11PS2/c1-5-52-55(46,53-6-2)23-51-28-11-7-24(8-12-28)15-25(17-35(45)54-36-26-16-30-31(36)21-50-37(30)49-20-26)33(44)19-43(22-39(3,4)40)57(47,48)29-13-14-32-34(18-29)56-38(42-32)41-27-9-10-27/h7-8,11-14,18,25-27,30-31,33,36-37,44H,5-6,9-10,15-17,19-23H2,1-4H3,(H,41,42)/t25-,26?,30?,31?,33-,36?,37?/m1/s1. The molecule has 14 nitrogen and oxygen atoms in total. The Morgan fingerprint density at radius 3 is 2.51 bits per heavy atom. The number of anilines is 1. The molecule has 2 N–H and O–H groups in total. The fraction of sp³-hybridized carbons (Fsp3) is 0.641. The van der Waals surface area contributed by atoms with Crippen LogP contribution in [0, 0.1) is 23.7 Å². The Morgan fingerprint density at radius 2 is 1.82 bits per heavy atom. The van der Waals surface area contributed by atoms with Crippen molar-refractivity contribution >= 4 is 50.3 Å². The number of carbonyl (C=O) groups is 1. The van der Waals surface area contributed by atoms with Gasteiger partial charge < -0.3 is 38.4 Å². The molecule has 0 amide bonds. The number of benzene rings is 2. The zero-order valence-corrected chi connectivity index (χ0v) is 35.2. The van der Waals surface area contributed by atoms with Gasteiger partial charge in [0.15, 0.2) is 17.8 Å². The Morgan fingerprint density at radius 1 is 1.11 bits per heavy atom. The minimum absolute atomic E-state index is 0.0204. The molecule has 4 aliphatic rings. The SMILES string of the molecule is CCOP(=O)(COc1ccc(C[C@H](CC(=O)OC2C3COC4OCC2C4C3)[C@H](O)CN(CC(C)(C)F)S(=O)(=O)c2ccc3nc(NC4CC4)sc3c2)cc1)OCC. The van der Waals surface area contributed by atoms with Crippen LogP contribution in [0.4, 0.5) is 9.52 Å². The first-order chi connectivity index (χ1) is 27.1. The number of aliphatic hydroxyl groups excluding tert-OH is 1. The van der Waals surface area contributed by atoms with E-state index in [2.05, 4.69) is 10.3 Å². The largest absolute Gasteiger partial charge is 0.481 e. The van der Waals surface area contributed by atoms with Gasteiger partial charge in [-0.2, -0.15) is 4.31 Å². The Balaban J connectivity index is 1.10. The number of thiazole rings is 1. The zero-order valence-electron chi connectivity index (χ0n) is 32.7. The molecule has 0 spiro atoms. The molecule has 2 bridgehead atoms. The van der Waals surface area contributed by atoms with Crippen LogP contribution in [0.1, 0.15) is 58.9 Å². The molecular formula is C39H53FN3O11PS2. The molecule has 2 aromatic carbocycles. The van der Waals surface area contributed by atoms with Gasteiger partial charge in [-0.3, -0.25) is 9.36 Å². The number of aromatic nitrogens is 1. The van der Waals surface area contributed by atoms with E-state index in [1.54, 1.807) is 44.2 Å². The van der Waals surface area contributed by atoms with E-state index in [0.29, 0.717) is 45.9 Å². The van der Waals surface area contributed by atoms with E-state index in [9.17, 15) is 22.9 Å². The van der Waals surface area contributed by atoms with Crippen molar-refractivity contribution in [2.45, 2.75) is 94.9 Å². The molecule has 7 rings (SSSR count). The third kappa shape index (κ3) is 10.4. The van der Waals surface area contributed by atoms with Crippen molar-refractivity contribution in [3.63, 3.8) is 0 Å². The Bertz CT molecular complexity index is 2020. The van der Waals surface area contributed by atoms with Gasteiger partial charge in [0.2, 0.25) is 10.0 Å². The number of esters is 1. The monoisotopic (exact) mass is 853 g/mol. The maximum absolute atomic E-state index is 15.4. The number of carbonyl (C=O) groups excluding carboxylic acids is 1. The van der Waals surface area contributed by atoms with Crippen LogP contribution in [-0.2, 0) is 49.1 Å². The summed E-state index contributed by atoms with van der Waals surface area (Å²) in [7, 11) is -7.80. The quantitative estimate of drug-likeness (QED) is 0.0896. The second kappa shape index (κ2) is 17.5. The van der Waals surface area contributed by atoms with E-state index in [0.717, 1.165) is 23.6 Å². The lowest BCUT2D eigenvalue weighted by Gasteiger charge is -2.32. The van der Waals surface area contributed by atoms with Crippen LogP contribution >= 0.6 is 18.9 Å². The molecule has 1 aromatic heterocycles. The molecule has 2 saturated carbocycles. The van der Waals surface area contributed by atoms with E-state index < -0.39 is 54.4 Å². The van der Waals surface area contributed by atoms with Gasteiger partial charge in [-0.25, -0.2) is 17.8 Å². The average molecular weight is 854 g/mol. The van der Waals surface area contributed by atoms with Crippen LogP contribution in [-0.4, -0.2) is 105 Å². The highest BCUT2D eigenvalue weighted by atomic mass is 32.2. The summed E-state index contributed by atoms with van der Waals surface area (Å²) in [4.78, 5) is 18.3. The maximum atomic E-state index is 15.4. The number of fused-ring (bicyclic) bond motifs is 2. The van der Waals surface area contributed by atoms with Crippen molar-refractivity contribution < 1.29 is 55.3 Å². The lowest BCUT2D eigenvalue weighted by atomic mass is 9.90. The summed E-state index contributed by atoms with van der Waals surface area (Å²) in [5, 5.41) is 16.0. The van der Waals surface area contributed by atoms with Crippen molar-refractivity contribution in [1.82, 2.24) is 9.29 Å². The van der Waals surface area contributed by atoms with Crippen LogP contribution in [0.5, 0.6) is 5.75 Å². The fourth-order valence-corrected chi connectivity index (χ4v) is 12.0. The van der Waals surface area contributed by atoms with Gasteiger partial charge in [-0.1, -0.05) is 23.5 Å². The summed E-state index contributed by atoms with van der Waals surface area (Å²) < 4.78 is 92.6. The maximum Gasteiger partial charge on any atom is 0.367 e. The van der Waals surface area contributed by atoms with Gasteiger partial charge in [-0.15, -0.1) is 0 Å². The molecule has 2 aliphatic heterocycles. The fourth-order valence-electron chi connectivity index (χ4n) is 7.99. The van der Waals surface area contributed by atoms with E-state index in [-0.39, 0.29) is 67.4 Å². The molecule has 3 aromatic rings. The number of ether oxygens (including phenoxy) is 4. The number of nitrogens with one attached hydrogen (secondary N) is 1. The van der Waals surface area contributed by atoms with Gasteiger partial charge >= 0.3 is 13.6 Å². The van der Waals surface area contributed by atoms with Crippen molar-refractivity contribution in [3.8, 4) is 5.75 Å². The van der Waals surface area contributed by atoms with Crippen LogP contribution in [0.25, 0.3) is 10.2 Å². The minimum Gasteiger partial charge on any atom is -0.481 e. The second-order valence-corrected chi connectivity index (χ2v) is 21.0. The highest BCUT2D eigenvalue weighted by Crippen LogP contribution is 2.50. The number of hydrogen-bond acceptors (Lipinski definition) is 14. The number of rotatable bonds is 21. The molecule has 4 fully saturated rings. The summed E-state index contributed by atoms with van der Waals surface area (Å²) in [6.45, 7) is 6.22. The molecule has 18 heteroatoms. The summed E-state index contributed by atoms with van der Waals surface area (Å²) in [5.41, 5.74) is -0.601. The average Bonchev–Trinajstić information content (AvgIpc) is 3.61. The first-order valence-corrected chi connectivity index (χ1v) is 23.7. The number of aliphatic hydroxyl groups is 1. The molecule has 2 aliphatic carbocycles. The highest BCUT2D eigenvalue weighted by Gasteiger charge is 2.56. The van der Waals surface area contributed by atoms with Gasteiger partial charge in [0.05, 0.1) is 54.1 Å². The van der Waals surface area contributed by atoms with Gasteiger partial charge in [0.25, 0.3) is 0 Å². The summed E-state index contributed by atoms with van der Waals surface area (Å²) in [6.07, 6.45) is 0.524. The molecule has 7 atom stereocenters. The number of hydrogen-bond donors (Lipinski definition) is 2. The molecular weight excluding hydrogens is 801 g/mol. The Labute approximate surface area is 337 Å².